The van der Waals surface area contributed by atoms with Gasteiger partial charge in [0.25, 0.3) is 5.91 Å². The van der Waals surface area contributed by atoms with Gasteiger partial charge in [0.15, 0.2) is 16.7 Å². The second-order valence-corrected chi connectivity index (χ2v) is 9.82. The number of fused-ring (bicyclic) bond motifs is 2. The number of thiazole rings is 1. The Morgan fingerprint density at radius 3 is 2.77 bits per heavy atom. The second kappa shape index (κ2) is 8.78. The number of carbonyl (C=O) groups is 1. The molecule has 1 amide bonds. The Morgan fingerprint density at radius 2 is 1.94 bits per heavy atom. The Balaban J connectivity index is 1.33. The molecule has 31 heavy (non-hydrogen) atoms. The lowest BCUT2D eigenvalue weighted by Gasteiger charge is -2.14. The molecule has 1 aliphatic heterocycles. The van der Waals surface area contributed by atoms with Gasteiger partial charge in [-0.3, -0.25) is 9.36 Å². The first kappa shape index (κ1) is 20.2. The van der Waals surface area contributed by atoms with Gasteiger partial charge in [-0.25, -0.2) is 4.98 Å². The number of quaternary nitrogens is 1. The summed E-state index contributed by atoms with van der Waals surface area (Å²) >= 11 is 2.91. The van der Waals surface area contributed by atoms with Crippen molar-refractivity contribution in [1.29, 1.82) is 0 Å². The van der Waals surface area contributed by atoms with Crippen molar-refractivity contribution in [3.63, 3.8) is 0 Å². The highest BCUT2D eigenvalue weighted by Gasteiger charge is 2.22. The van der Waals surface area contributed by atoms with Gasteiger partial charge >= 0.3 is 0 Å². The zero-order valence-electron chi connectivity index (χ0n) is 16.8. The number of hydrogen-bond donors (Lipinski definition) is 2. The molecular weight excluding hydrogens is 430 g/mol. The van der Waals surface area contributed by atoms with Gasteiger partial charge in [-0.15, -0.1) is 21.6 Å². The van der Waals surface area contributed by atoms with Gasteiger partial charge in [-0.1, -0.05) is 42.1 Å². The number of thioether (sulfide) groups is 1. The lowest BCUT2D eigenvalue weighted by atomic mass is 10.2. The lowest BCUT2D eigenvalue weighted by molar-refractivity contribution is -0.910. The van der Waals surface area contributed by atoms with Crippen molar-refractivity contribution in [2.45, 2.75) is 23.8 Å². The molecule has 5 rings (SSSR count). The maximum atomic E-state index is 12.3. The molecule has 1 fully saturated rings. The number of nitrogens with zero attached hydrogens (tertiary/aromatic N) is 4. The molecule has 158 valence electrons. The fourth-order valence-electron chi connectivity index (χ4n) is 3.96. The summed E-state index contributed by atoms with van der Waals surface area (Å²) in [7, 11) is 0. The van der Waals surface area contributed by atoms with Crippen LogP contribution in [0.3, 0.4) is 0 Å². The van der Waals surface area contributed by atoms with Crippen molar-refractivity contribution >= 4 is 55.8 Å². The minimum absolute atomic E-state index is 0.0657. The third-order valence-electron chi connectivity index (χ3n) is 5.46. The topological polar surface area (TPSA) is 84.3 Å². The molecule has 7 nitrogen and oxygen atoms in total. The number of nitrogens with one attached hydrogen (secondary N) is 1. The quantitative estimate of drug-likeness (QED) is 0.342. The van der Waals surface area contributed by atoms with Crippen LogP contribution >= 0.6 is 23.1 Å². The first-order valence-corrected chi connectivity index (χ1v) is 12.1. The van der Waals surface area contributed by atoms with Crippen molar-refractivity contribution < 1.29 is 14.8 Å². The molecule has 4 aromatic rings. The van der Waals surface area contributed by atoms with Crippen molar-refractivity contribution in [2.24, 2.45) is 10.2 Å². The van der Waals surface area contributed by atoms with E-state index < -0.39 is 0 Å². The van der Waals surface area contributed by atoms with E-state index in [0.29, 0.717) is 12.4 Å². The normalized spacial score (nSPS) is 15.0. The Bertz CT molecular complexity index is 1240. The molecule has 0 saturated carbocycles. The van der Waals surface area contributed by atoms with Crippen LogP contribution in [0.5, 0.6) is 5.88 Å². The summed E-state index contributed by atoms with van der Waals surface area (Å²) in [5.41, 5.74) is 2.19. The number of aromatic nitrogens is 2. The van der Waals surface area contributed by atoms with Crippen molar-refractivity contribution in [3.8, 4) is 5.88 Å². The third kappa shape index (κ3) is 4.21. The molecular formula is C22H22N5O2S2+. The third-order valence-corrected chi connectivity index (χ3v) is 7.63. The molecule has 2 aromatic heterocycles. The van der Waals surface area contributed by atoms with E-state index in [-0.39, 0.29) is 17.5 Å². The molecule has 2 aromatic carbocycles. The molecule has 0 bridgehead atoms. The van der Waals surface area contributed by atoms with Gasteiger partial charge in [-0.2, -0.15) is 0 Å². The number of carbonyl (C=O) groups excluding carboxylic acids is 1. The van der Waals surface area contributed by atoms with Crippen LogP contribution in [0.4, 0.5) is 5.69 Å². The fourth-order valence-corrected chi connectivity index (χ4v) is 5.80. The Hall–Kier alpha value is -2.75. The van der Waals surface area contributed by atoms with Crippen LogP contribution < -0.4 is 4.90 Å². The zero-order chi connectivity index (χ0) is 21.2. The van der Waals surface area contributed by atoms with Crippen LogP contribution in [-0.2, 0) is 11.5 Å². The Kier molecular flexibility index (Phi) is 5.71. The average molecular weight is 453 g/mol. The van der Waals surface area contributed by atoms with Crippen LogP contribution in [-0.4, -0.2) is 39.4 Å². The van der Waals surface area contributed by atoms with Gasteiger partial charge in [0.2, 0.25) is 5.88 Å². The first-order chi connectivity index (χ1) is 15.2. The van der Waals surface area contributed by atoms with Gasteiger partial charge in [0, 0.05) is 18.2 Å². The standard InChI is InChI=1S/C22H21N5O2S2/c28-19(13-30-22-23-16-8-2-4-10-18(16)31-22)24-25-20-15-7-1-3-9-17(15)27(21(20)29)14-26-11-5-6-12-26/h1-4,7-10,29H,5-6,11-14H2/p+1. The average Bonchev–Trinajstić information content (AvgIpc) is 3.50. The van der Waals surface area contributed by atoms with Gasteiger partial charge < -0.3 is 10.0 Å². The van der Waals surface area contributed by atoms with Crippen molar-refractivity contribution in [3.05, 3.63) is 48.5 Å². The largest absolute Gasteiger partial charge is 0.493 e. The fraction of sp³-hybridized carbons (Fsp3) is 0.273. The smallest absolute Gasteiger partial charge is 0.274 e. The molecule has 1 saturated heterocycles. The van der Waals surface area contributed by atoms with Crippen LogP contribution in [0.25, 0.3) is 21.1 Å². The van der Waals surface area contributed by atoms with Gasteiger partial charge in [-0.05, 0) is 18.2 Å². The summed E-state index contributed by atoms with van der Waals surface area (Å²) in [4.78, 5) is 18.3. The van der Waals surface area contributed by atoms with E-state index in [9.17, 15) is 9.90 Å². The molecule has 3 heterocycles. The molecule has 0 aliphatic carbocycles. The maximum Gasteiger partial charge on any atom is 0.274 e. The number of para-hydroxylation sites is 2. The van der Waals surface area contributed by atoms with Crippen LogP contribution in [0.15, 0.2) is 63.1 Å². The molecule has 1 aliphatic rings. The van der Waals surface area contributed by atoms with E-state index in [1.54, 1.807) is 11.3 Å². The number of azo groups is 1. The number of amides is 1. The van der Waals surface area contributed by atoms with Crippen LogP contribution in [0.2, 0.25) is 0 Å². The summed E-state index contributed by atoms with van der Waals surface area (Å²) in [6.45, 7) is 2.89. The Labute approximate surface area is 187 Å². The predicted molar refractivity (Wildman–Crippen MR) is 123 cm³/mol. The van der Waals surface area contributed by atoms with Crippen molar-refractivity contribution in [2.75, 3.05) is 18.8 Å². The molecule has 9 heteroatoms. The number of benzene rings is 2. The van der Waals surface area contributed by atoms with Crippen molar-refractivity contribution in [1.82, 2.24) is 9.55 Å². The van der Waals surface area contributed by atoms with E-state index in [1.807, 2.05) is 53.1 Å². The minimum atomic E-state index is -0.356. The van der Waals surface area contributed by atoms with Gasteiger partial charge in [0.1, 0.15) is 0 Å². The van der Waals surface area contributed by atoms with E-state index in [1.165, 1.54) is 29.5 Å². The number of aromatic hydroxyl groups is 1. The van der Waals surface area contributed by atoms with E-state index in [4.69, 9.17) is 0 Å². The highest BCUT2D eigenvalue weighted by molar-refractivity contribution is 8.01. The number of rotatable bonds is 6. The summed E-state index contributed by atoms with van der Waals surface area (Å²) in [5.74, 6) is -0.137. The molecule has 0 spiro atoms. The first-order valence-electron chi connectivity index (χ1n) is 10.3. The van der Waals surface area contributed by atoms with Crippen LogP contribution in [0, 0.1) is 0 Å². The highest BCUT2D eigenvalue weighted by atomic mass is 32.2. The Morgan fingerprint density at radius 1 is 1.16 bits per heavy atom. The molecule has 0 radical (unpaired) electrons. The summed E-state index contributed by atoms with van der Waals surface area (Å²) < 4.78 is 3.81. The number of likely N-dealkylation sites (tertiary alicyclic amines) is 1. The SMILES string of the molecule is O=C(CSc1nc2ccccc2s1)N=Nc1c(O)n(C[NH+]2CCCC2)c2ccccc12. The summed E-state index contributed by atoms with van der Waals surface area (Å²) in [6.07, 6.45) is 2.42. The summed E-state index contributed by atoms with van der Waals surface area (Å²) in [5, 5.41) is 19.7. The zero-order valence-corrected chi connectivity index (χ0v) is 18.5. The maximum absolute atomic E-state index is 12.3. The highest BCUT2D eigenvalue weighted by Crippen LogP contribution is 2.38. The number of hydrogen-bond acceptors (Lipinski definition) is 6. The van der Waals surface area contributed by atoms with E-state index >= 15 is 0 Å². The monoisotopic (exact) mass is 452 g/mol. The predicted octanol–water partition coefficient (Wildman–Crippen LogP) is 4.00. The summed E-state index contributed by atoms with van der Waals surface area (Å²) in [6, 6.07) is 15.6. The molecule has 2 N–H and O–H groups in total. The van der Waals surface area contributed by atoms with Gasteiger partial charge in [0.05, 0.1) is 34.6 Å². The lowest BCUT2D eigenvalue weighted by Crippen LogP contribution is -3.09. The second-order valence-electron chi connectivity index (χ2n) is 7.56. The molecule has 0 atom stereocenters. The van der Waals surface area contributed by atoms with E-state index in [0.717, 1.165) is 38.5 Å². The van der Waals surface area contributed by atoms with E-state index in [2.05, 4.69) is 15.2 Å². The van der Waals surface area contributed by atoms with Crippen LogP contribution in [0.1, 0.15) is 12.8 Å². The molecule has 0 unspecified atom stereocenters. The minimum Gasteiger partial charge on any atom is -0.493 e.